The van der Waals surface area contributed by atoms with Crippen LogP contribution in [-0.4, -0.2) is 59.7 Å². The minimum atomic E-state index is -0.241. The number of benzene rings is 2. The first-order chi connectivity index (χ1) is 26.0. The third-order valence-corrected chi connectivity index (χ3v) is 9.49. The molecule has 53 heavy (non-hydrogen) atoms. The summed E-state index contributed by atoms with van der Waals surface area (Å²) in [6.45, 7) is 1.15. The van der Waals surface area contributed by atoms with Crippen LogP contribution in [0.15, 0.2) is 42.5 Å². The molecule has 2 aromatic rings. The van der Waals surface area contributed by atoms with Crippen LogP contribution >= 0.6 is 0 Å². The summed E-state index contributed by atoms with van der Waals surface area (Å²) in [6, 6.07) is 9.78. The van der Waals surface area contributed by atoms with Gasteiger partial charge in [0.15, 0.2) is 23.0 Å². The minimum absolute atomic E-state index is 0.00555. The van der Waals surface area contributed by atoms with E-state index in [1.165, 1.54) is 63.9 Å². The molecule has 0 saturated carbocycles. The Balaban J connectivity index is 1.13. The lowest BCUT2D eigenvalue weighted by molar-refractivity contribution is -0.145. The summed E-state index contributed by atoms with van der Waals surface area (Å²) >= 11 is 0. The maximum Gasteiger partial charge on any atom is 0.330 e. The standard InChI is InChI=1S/C44H64O9/c1-47-38-29-28-35(26-27-36-33-40(48-2)44(50-4)41(34-36)49-3)32-39(38)51-30-19-15-13-11-9-7-5-6-8-10-12-14-18-24-42(45)52-31-20-16-17-22-37-23-21-25-43(46)53-37/h21,25-29,32-34,37H,5-20,22-24,30-31H2,1-4H3/b27-26-/t37-/m0/s1. The van der Waals surface area contributed by atoms with E-state index in [0.29, 0.717) is 36.9 Å². The zero-order valence-corrected chi connectivity index (χ0v) is 32.8. The summed E-state index contributed by atoms with van der Waals surface area (Å²) in [6.07, 6.45) is 28.1. The van der Waals surface area contributed by atoms with Crippen molar-refractivity contribution in [2.24, 2.45) is 0 Å². The number of esters is 2. The van der Waals surface area contributed by atoms with Gasteiger partial charge in [0.2, 0.25) is 5.75 Å². The van der Waals surface area contributed by atoms with E-state index >= 15 is 0 Å². The van der Waals surface area contributed by atoms with Crippen molar-refractivity contribution in [1.29, 1.82) is 0 Å². The van der Waals surface area contributed by atoms with E-state index in [1.807, 2.05) is 48.6 Å². The molecule has 0 amide bonds. The van der Waals surface area contributed by atoms with E-state index in [0.717, 1.165) is 80.4 Å². The van der Waals surface area contributed by atoms with Gasteiger partial charge < -0.3 is 33.2 Å². The van der Waals surface area contributed by atoms with E-state index in [4.69, 9.17) is 33.2 Å². The van der Waals surface area contributed by atoms with E-state index < -0.39 is 0 Å². The van der Waals surface area contributed by atoms with Gasteiger partial charge in [0.25, 0.3) is 0 Å². The van der Waals surface area contributed by atoms with Crippen molar-refractivity contribution in [2.45, 2.75) is 128 Å². The quantitative estimate of drug-likeness (QED) is 0.0459. The van der Waals surface area contributed by atoms with E-state index in [9.17, 15) is 9.59 Å². The van der Waals surface area contributed by atoms with Crippen molar-refractivity contribution in [3.63, 3.8) is 0 Å². The van der Waals surface area contributed by atoms with Crippen LogP contribution in [0, 0.1) is 0 Å². The summed E-state index contributed by atoms with van der Waals surface area (Å²) in [5, 5.41) is 0. The van der Waals surface area contributed by atoms with Crippen LogP contribution in [0.3, 0.4) is 0 Å². The van der Waals surface area contributed by atoms with Crippen LogP contribution in [0.4, 0.5) is 0 Å². The Morgan fingerprint density at radius 2 is 1.19 bits per heavy atom. The molecule has 0 saturated heterocycles. The molecule has 2 aromatic carbocycles. The van der Waals surface area contributed by atoms with Crippen LogP contribution in [0.2, 0.25) is 0 Å². The minimum Gasteiger partial charge on any atom is -0.493 e. The lowest BCUT2D eigenvalue weighted by atomic mass is 10.0. The molecule has 9 nitrogen and oxygen atoms in total. The maximum atomic E-state index is 12.0. The molecule has 0 bridgehead atoms. The van der Waals surface area contributed by atoms with Crippen LogP contribution in [0.25, 0.3) is 12.2 Å². The van der Waals surface area contributed by atoms with Crippen molar-refractivity contribution >= 4 is 24.1 Å². The Bertz CT molecular complexity index is 1370. The third kappa shape index (κ3) is 17.5. The van der Waals surface area contributed by atoms with Gasteiger partial charge in [0.05, 0.1) is 41.7 Å². The zero-order valence-electron chi connectivity index (χ0n) is 32.8. The van der Waals surface area contributed by atoms with Gasteiger partial charge in [-0.25, -0.2) is 4.79 Å². The Morgan fingerprint density at radius 3 is 1.79 bits per heavy atom. The second-order valence-corrected chi connectivity index (χ2v) is 13.7. The van der Waals surface area contributed by atoms with Crippen molar-refractivity contribution in [3.8, 4) is 28.7 Å². The highest BCUT2D eigenvalue weighted by Crippen LogP contribution is 2.39. The third-order valence-electron chi connectivity index (χ3n) is 9.49. The molecule has 1 aliphatic heterocycles. The van der Waals surface area contributed by atoms with Gasteiger partial charge in [-0.2, -0.15) is 0 Å². The molecule has 1 aliphatic rings. The number of cyclic esters (lactones) is 1. The second-order valence-electron chi connectivity index (χ2n) is 13.7. The molecular formula is C44H64O9. The number of unbranched alkanes of at least 4 members (excludes halogenated alkanes) is 14. The number of methoxy groups -OCH3 is 4. The monoisotopic (exact) mass is 736 g/mol. The van der Waals surface area contributed by atoms with E-state index in [-0.39, 0.29) is 18.0 Å². The molecule has 294 valence electrons. The molecule has 0 radical (unpaired) electrons. The van der Waals surface area contributed by atoms with Gasteiger partial charge >= 0.3 is 11.9 Å². The summed E-state index contributed by atoms with van der Waals surface area (Å²) in [5.74, 6) is 2.96. The number of rotatable bonds is 29. The lowest BCUT2D eigenvalue weighted by Gasteiger charge is -2.18. The van der Waals surface area contributed by atoms with Crippen molar-refractivity contribution in [1.82, 2.24) is 0 Å². The molecule has 0 fully saturated rings. The highest BCUT2D eigenvalue weighted by molar-refractivity contribution is 5.82. The molecule has 9 heteroatoms. The van der Waals surface area contributed by atoms with Crippen LogP contribution in [-0.2, 0) is 19.1 Å². The number of ether oxygens (including phenoxy) is 7. The number of carbonyl (C=O) groups is 2. The highest BCUT2D eigenvalue weighted by atomic mass is 16.5. The number of hydrogen-bond donors (Lipinski definition) is 0. The maximum absolute atomic E-state index is 12.0. The Kier molecular flexibility index (Phi) is 21.7. The predicted molar refractivity (Wildman–Crippen MR) is 211 cm³/mol. The molecule has 0 aromatic heterocycles. The number of hydrogen-bond acceptors (Lipinski definition) is 9. The molecule has 1 heterocycles. The topological polar surface area (TPSA) is 98.8 Å². The van der Waals surface area contributed by atoms with Gasteiger partial charge in [-0.1, -0.05) is 94.9 Å². The van der Waals surface area contributed by atoms with Crippen molar-refractivity contribution in [3.05, 3.63) is 53.6 Å². The Labute approximate surface area is 318 Å². The Hall–Kier alpha value is -4.14. The largest absolute Gasteiger partial charge is 0.493 e. The van der Waals surface area contributed by atoms with Crippen molar-refractivity contribution in [2.75, 3.05) is 41.7 Å². The van der Waals surface area contributed by atoms with Crippen LogP contribution < -0.4 is 23.7 Å². The zero-order chi connectivity index (χ0) is 37.9. The molecular weight excluding hydrogens is 672 g/mol. The van der Waals surface area contributed by atoms with Crippen LogP contribution in [0.5, 0.6) is 28.7 Å². The summed E-state index contributed by atoms with van der Waals surface area (Å²) < 4.78 is 38.7. The van der Waals surface area contributed by atoms with Gasteiger partial charge in [-0.15, -0.1) is 0 Å². The fourth-order valence-corrected chi connectivity index (χ4v) is 6.45. The summed E-state index contributed by atoms with van der Waals surface area (Å²) in [7, 11) is 6.49. The fraction of sp³-hybridized carbons (Fsp3) is 0.591. The molecule has 0 aliphatic carbocycles. The average molecular weight is 737 g/mol. The van der Waals surface area contributed by atoms with Crippen molar-refractivity contribution < 1.29 is 42.7 Å². The predicted octanol–water partition coefficient (Wildman–Crippen LogP) is 10.7. The first kappa shape index (κ1) is 43.3. The number of carbonyl (C=O) groups excluding carboxylic acids is 2. The fourth-order valence-electron chi connectivity index (χ4n) is 6.45. The van der Waals surface area contributed by atoms with Gasteiger partial charge in [-0.3, -0.25) is 4.79 Å². The van der Waals surface area contributed by atoms with Gasteiger partial charge in [0.1, 0.15) is 6.10 Å². The first-order valence-corrected chi connectivity index (χ1v) is 19.8. The molecule has 1 atom stereocenters. The molecule has 0 N–H and O–H groups in total. The van der Waals surface area contributed by atoms with Gasteiger partial charge in [0, 0.05) is 18.9 Å². The summed E-state index contributed by atoms with van der Waals surface area (Å²) in [5.41, 5.74) is 1.94. The summed E-state index contributed by atoms with van der Waals surface area (Å²) in [4.78, 5) is 23.2. The first-order valence-electron chi connectivity index (χ1n) is 19.8. The normalized spacial score (nSPS) is 13.9. The van der Waals surface area contributed by atoms with E-state index in [2.05, 4.69) is 0 Å². The second kappa shape index (κ2) is 26.6. The average Bonchev–Trinajstić information content (AvgIpc) is 3.17. The van der Waals surface area contributed by atoms with Gasteiger partial charge in [-0.05, 0) is 73.9 Å². The molecule has 0 spiro atoms. The van der Waals surface area contributed by atoms with E-state index in [1.54, 1.807) is 28.4 Å². The Morgan fingerprint density at radius 1 is 0.642 bits per heavy atom. The smallest absolute Gasteiger partial charge is 0.330 e. The SMILES string of the molecule is COc1ccc(/C=C\c2cc(OC)c(OC)c(OC)c2)cc1OCCCCCCCCCCCCCCCC(=O)OCCCCC[C@H]1CC=CC(=O)O1. The molecule has 0 unspecified atom stereocenters. The molecule has 3 rings (SSSR count). The highest BCUT2D eigenvalue weighted by Gasteiger charge is 2.15. The van der Waals surface area contributed by atoms with Crippen LogP contribution in [0.1, 0.15) is 133 Å². The lowest BCUT2D eigenvalue weighted by Crippen LogP contribution is -2.19.